The van der Waals surface area contributed by atoms with E-state index in [4.69, 9.17) is 9.47 Å². The number of likely N-dealkylation sites (tertiary alicyclic amines) is 1. The summed E-state index contributed by atoms with van der Waals surface area (Å²) in [4.78, 5) is 21.7. The number of hydrogen-bond donors (Lipinski definition) is 2. The number of benzene rings is 1. The molecule has 190 valence electrons. The SMILES string of the molecule is COc1cc(F)c2ncc(F)c(CCN3CCC(NCc4ccc5c(n4)NC(=O)CO5)C(F)C3)c2c1. The van der Waals surface area contributed by atoms with Crippen molar-refractivity contribution in [3.05, 3.63) is 53.4 Å². The van der Waals surface area contributed by atoms with E-state index in [0.717, 1.165) is 6.20 Å². The second kappa shape index (κ2) is 10.3. The topological polar surface area (TPSA) is 88.6 Å². The number of anilines is 1. The molecule has 2 aromatic heterocycles. The van der Waals surface area contributed by atoms with E-state index in [2.05, 4.69) is 20.6 Å². The van der Waals surface area contributed by atoms with Crippen molar-refractivity contribution in [1.82, 2.24) is 20.2 Å². The molecule has 5 rings (SSSR count). The Balaban J connectivity index is 1.18. The number of ether oxygens (including phenoxy) is 2. The third kappa shape index (κ3) is 5.07. The number of amides is 1. The molecule has 2 unspecified atom stereocenters. The number of fused-ring (bicyclic) bond motifs is 2. The Labute approximate surface area is 205 Å². The van der Waals surface area contributed by atoms with E-state index in [9.17, 15) is 18.0 Å². The van der Waals surface area contributed by atoms with Gasteiger partial charge in [-0.05, 0) is 37.6 Å². The van der Waals surface area contributed by atoms with Gasteiger partial charge in [-0.25, -0.2) is 18.2 Å². The highest BCUT2D eigenvalue weighted by molar-refractivity contribution is 5.94. The van der Waals surface area contributed by atoms with Crippen LogP contribution in [0.2, 0.25) is 0 Å². The van der Waals surface area contributed by atoms with Crippen molar-refractivity contribution in [2.45, 2.75) is 31.6 Å². The average molecular weight is 502 g/mol. The lowest BCUT2D eigenvalue weighted by Gasteiger charge is -2.35. The molecule has 1 fully saturated rings. The van der Waals surface area contributed by atoms with E-state index in [1.54, 1.807) is 18.2 Å². The zero-order valence-electron chi connectivity index (χ0n) is 19.7. The van der Waals surface area contributed by atoms with Crippen LogP contribution in [-0.2, 0) is 17.8 Å². The second-order valence-electron chi connectivity index (χ2n) is 8.92. The molecule has 2 N–H and O–H groups in total. The van der Waals surface area contributed by atoms with Crippen molar-refractivity contribution in [2.75, 3.05) is 38.7 Å². The summed E-state index contributed by atoms with van der Waals surface area (Å²) < 4.78 is 54.4. The average Bonchev–Trinajstić information content (AvgIpc) is 2.87. The molecule has 2 aliphatic heterocycles. The van der Waals surface area contributed by atoms with Gasteiger partial charge in [0.25, 0.3) is 5.91 Å². The number of carbonyl (C=O) groups excluding carboxylic acids is 1. The fourth-order valence-electron chi connectivity index (χ4n) is 4.64. The summed E-state index contributed by atoms with van der Waals surface area (Å²) in [6.07, 6.45) is 0.743. The van der Waals surface area contributed by atoms with Gasteiger partial charge in [0.1, 0.15) is 23.3 Å². The van der Waals surface area contributed by atoms with Gasteiger partial charge in [-0.3, -0.25) is 14.7 Å². The molecule has 2 atom stereocenters. The van der Waals surface area contributed by atoms with E-state index in [1.165, 1.54) is 13.2 Å². The first kappa shape index (κ1) is 24.3. The molecule has 3 aromatic rings. The predicted octanol–water partition coefficient (Wildman–Crippen LogP) is 2.99. The Morgan fingerprint density at radius 3 is 2.94 bits per heavy atom. The van der Waals surface area contributed by atoms with Crippen molar-refractivity contribution in [2.24, 2.45) is 0 Å². The maximum Gasteiger partial charge on any atom is 0.263 e. The molecule has 1 aromatic carbocycles. The third-order valence-corrected chi connectivity index (χ3v) is 6.57. The maximum absolute atomic E-state index is 15.0. The number of alkyl halides is 1. The molecule has 0 spiro atoms. The van der Waals surface area contributed by atoms with E-state index in [1.807, 2.05) is 4.90 Å². The monoisotopic (exact) mass is 501 g/mol. The van der Waals surface area contributed by atoms with Crippen LogP contribution in [0, 0.1) is 11.6 Å². The molecule has 0 saturated carbocycles. The van der Waals surface area contributed by atoms with Crippen LogP contribution in [0.4, 0.5) is 19.0 Å². The Morgan fingerprint density at radius 1 is 1.28 bits per heavy atom. The number of carbonyl (C=O) groups is 1. The highest BCUT2D eigenvalue weighted by atomic mass is 19.1. The number of pyridine rings is 2. The van der Waals surface area contributed by atoms with Gasteiger partial charge in [0.15, 0.2) is 24.0 Å². The molecule has 1 amide bonds. The lowest BCUT2D eigenvalue weighted by Crippen LogP contribution is -2.51. The fraction of sp³-hybridized carbons (Fsp3) is 0.400. The zero-order chi connectivity index (χ0) is 25.2. The quantitative estimate of drug-likeness (QED) is 0.515. The number of nitrogens with one attached hydrogen (secondary N) is 2. The molecule has 36 heavy (non-hydrogen) atoms. The van der Waals surface area contributed by atoms with Gasteiger partial charge in [0, 0.05) is 42.7 Å². The summed E-state index contributed by atoms with van der Waals surface area (Å²) in [6.45, 7) is 1.55. The summed E-state index contributed by atoms with van der Waals surface area (Å²) in [5.74, 6) is -0.208. The maximum atomic E-state index is 15.0. The normalized spacial score (nSPS) is 20.1. The Bertz CT molecular complexity index is 1290. The third-order valence-electron chi connectivity index (χ3n) is 6.57. The van der Waals surface area contributed by atoms with E-state index in [-0.39, 0.29) is 42.8 Å². The molecule has 8 nitrogen and oxygen atoms in total. The number of hydrogen-bond acceptors (Lipinski definition) is 7. The molecular weight excluding hydrogens is 475 g/mol. The van der Waals surface area contributed by atoms with Gasteiger partial charge in [-0.1, -0.05) is 0 Å². The van der Waals surface area contributed by atoms with Crippen molar-refractivity contribution < 1.29 is 27.4 Å². The lowest BCUT2D eigenvalue weighted by molar-refractivity contribution is -0.118. The van der Waals surface area contributed by atoms with Crippen molar-refractivity contribution >= 4 is 22.6 Å². The molecule has 0 radical (unpaired) electrons. The van der Waals surface area contributed by atoms with Gasteiger partial charge >= 0.3 is 0 Å². The minimum Gasteiger partial charge on any atom is -0.497 e. The summed E-state index contributed by atoms with van der Waals surface area (Å²) in [5.41, 5.74) is 1.08. The largest absolute Gasteiger partial charge is 0.497 e. The van der Waals surface area contributed by atoms with Crippen LogP contribution in [0.3, 0.4) is 0 Å². The van der Waals surface area contributed by atoms with Gasteiger partial charge in [-0.2, -0.15) is 0 Å². The molecule has 2 aliphatic rings. The number of piperidine rings is 1. The van der Waals surface area contributed by atoms with E-state index in [0.29, 0.717) is 54.3 Å². The van der Waals surface area contributed by atoms with Crippen LogP contribution in [0.25, 0.3) is 10.9 Å². The minimum atomic E-state index is -1.13. The van der Waals surface area contributed by atoms with Crippen LogP contribution in [0.1, 0.15) is 17.7 Å². The van der Waals surface area contributed by atoms with Crippen LogP contribution in [0.5, 0.6) is 11.5 Å². The smallest absolute Gasteiger partial charge is 0.263 e. The second-order valence-corrected chi connectivity index (χ2v) is 8.92. The predicted molar refractivity (Wildman–Crippen MR) is 127 cm³/mol. The summed E-state index contributed by atoms with van der Waals surface area (Å²) in [7, 11) is 1.42. The molecule has 11 heteroatoms. The van der Waals surface area contributed by atoms with Gasteiger partial charge in [0.05, 0.1) is 19.0 Å². The summed E-state index contributed by atoms with van der Waals surface area (Å²) in [5, 5.41) is 6.23. The van der Waals surface area contributed by atoms with Gasteiger partial charge in [-0.15, -0.1) is 0 Å². The van der Waals surface area contributed by atoms with Crippen molar-refractivity contribution in [3.8, 4) is 11.5 Å². The van der Waals surface area contributed by atoms with E-state index >= 15 is 0 Å². The number of methoxy groups -OCH3 is 1. The molecule has 0 bridgehead atoms. The lowest BCUT2D eigenvalue weighted by atomic mass is 10.0. The Hall–Kier alpha value is -3.44. The number of aromatic nitrogens is 2. The number of halogens is 3. The minimum absolute atomic E-state index is 0.0382. The van der Waals surface area contributed by atoms with Gasteiger partial charge < -0.3 is 20.1 Å². The van der Waals surface area contributed by atoms with Crippen LogP contribution >= 0.6 is 0 Å². The molecular formula is C25H26F3N5O3. The summed E-state index contributed by atoms with van der Waals surface area (Å²) in [6, 6.07) is 5.94. The molecule has 0 aliphatic carbocycles. The highest BCUT2D eigenvalue weighted by Gasteiger charge is 2.29. The summed E-state index contributed by atoms with van der Waals surface area (Å²) >= 11 is 0. The first-order valence-corrected chi connectivity index (χ1v) is 11.7. The number of nitrogens with zero attached hydrogens (tertiary/aromatic N) is 3. The number of rotatable bonds is 7. The van der Waals surface area contributed by atoms with Crippen LogP contribution in [-0.4, -0.2) is 66.3 Å². The first-order valence-electron chi connectivity index (χ1n) is 11.7. The zero-order valence-corrected chi connectivity index (χ0v) is 19.7. The molecule has 1 saturated heterocycles. The van der Waals surface area contributed by atoms with Crippen molar-refractivity contribution in [3.63, 3.8) is 0 Å². The first-order chi connectivity index (χ1) is 17.4. The Morgan fingerprint density at radius 2 is 2.14 bits per heavy atom. The van der Waals surface area contributed by atoms with Gasteiger partial charge in [0.2, 0.25) is 0 Å². The highest BCUT2D eigenvalue weighted by Crippen LogP contribution is 2.28. The standard InChI is InChI=1S/C25H26F3N5O3/c1-35-15-8-17-16(19(27)11-30-24(17)18(26)9-15)4-6-33-7-5-21(20(28)12-33)29-10-14-2-3-22-25(31-14)32-23(34)13-36-22/h2-3,8-9,11,20-21,29H,4-7,10,12-13H2,1H3,(H,31,32,34). The van der Waals surface area contributed by atoms with Crippen molar-refractivity contribution in [1.29, 1.82) is 0 Å². The molecule has 4 heterocycles. The van der Waals surface area contributed by atoms with Crippen LogP contribution in [0.15, 0.2) is 30.5 Å². The van der Waals surface area contributed by atoms with Crippen LogP contribution < -0.4 is 20.1 Å². The van der Waals surface area contributed by atoms with E-state index < -0.39 is 17.8 Å². The Kier molecular flexibility index (Phi) is 6.92. The fourth-order valence-corrected chi connectivity index (χ4v) is 4.64.